The molecule has 0 aliphatic rings. The second kappa shape index (κ2) is 6.45. The maximum atomic E-state index is 5.25. The van der Waals surface area contributed by atoms with E-state index in [0.717, 1.165) is 0 Å². The molecule has 0 saturated heterocycles. The normalized spacial score (nSPS) is 8.88. The number of hydrogen-bond acceptors (Lipinski definition) is 3. The Morgan fingerprint density at radius 3 is 1.88 bits per heavy atom. The fourth-order valence-electron chi connectivity index (χ4n) is 1.10. The van der Waals surface area contributed by atoms with Gasteiger partial charge >= 0.3 is 0 Å². The summed E-state index contributed by atoms with van der Waals surface area (Å²) >= 11 is 0. The predicted molar refractivity (Wildman–Crippen MR) is 69.4 cm³/mol. The van der Waals surface area contributed by atoms with Crippen LogP contribution in [0.1, 0.15) is 0 Å². The smallest absolute Gasteiger partial charge is 0.123 e. The molecule has 2 rings (SSSR count). The van der Waals surface area contributed by atoms with Gasteiger partial charge in [0.25, 0.3) is 0 Å². The molecule has 3 nitrogen and oxygen atoms in total. The molecule has 0 fully saturated rings. The van der Waals surface area contributed by atoms with E-state index in [2.05, 4.69) is 22.0 Å². The van der Waals surface area contributed by atoms with Gasteiger partial charge in [-0.05, 0) is 24.3 Å². The molecular formula is C13H17N3. The molecule has 0 spiro atoms. The zero-order valence-corrected chi connectivity index (χ0v) is 9.67. The van der Waals surface area contributed by atoms with E-state index in [1.54, 1.807) is 12.3 Å². The van der Waals surface area contributed by atoms with Gasteiger partial charge in [0, 0.05) is 26.0 Å². The summed E-state index contributed by atoms with van der Waals surface area (Å²) in [4.78, 5) is 5.84. The van der Waals surface area contributed by atoms with Gasteiger partial charge in [0.05, 0.1) is 0 Å². The van der Waals surface area contributed by atoms with E-state index >= 15 is 0 Å². The Balaban J connectivity index is 0.000000165. The lowest BCUT2D eigenvalue weighted by molar-refractivity contribution is 1.13. The molecule has 0 amide bonds. The van der Waals surface area contributed by atoms with Gasteiger partial charge in [-0.3, -0.25) is 0 Å². The summed E-state index contributed by atoms with van der Waals surface area (Å²) < 4.78 is 0. The maximum Gasteiger partial charge on any atom is 0.123 e. The minimum Gasteiger partial charge on any atom is -0.384 e. The van der Waals surface area contributed by atoms with Crippen molar-refractivity contribution in [1.82, 2.24) is 4.98 Å². The lowest BCUT2D eigenvalue weighted by Gasteiger charge is -2.10. The largest absolute Gasteiger partial charge is 0.384 e. The lowest BCUT2D eigenvalue weighted by Crippen LogP contribution is -2.07. The van der Waals surface area contributed by atoms with Crippen LogP contribution in [0.25, 0.3) is 0 Å². The van der Waals surface area contributed by atoms with Crippen LogP contribution in [0.3, 0.4) is 0 Å². The Kier molecular flexibility index (Phi) is 4.86. The molecule has 0 aliphatic carbocycles. The highest BCUT2D eigenvalue weighted by molar-refractivity contribution is 5.43. The van der Waals surface area contributed by atoms with E-state index in [-0.39, 0.29) is 0 Å². The summed E-state index contributed by atoms with van der Waals surface area (Å²) in [6.07, 6.45) is 1.66. The quantitative estimate of drug-likeness (QED) is 0.794. The zero-order valence-electron chi connectivity index (χ0n) is 9.67. The van der Waals surface area contributed by atoms with Crippen molar-refractivity contribution in [3.05, 3.63) is 54.7 Å². The van der Waals surface area contributed by atoms with Crippen LogP contribution in [-0.4, -0.2) is 19.1 Å². The number of para-hydroxylation sites is 1. The van der Waals surface area contributed by atoms with Gasteiger partial charge < -0.3 is 10.6 Å². The number of anilines is 2. The fraction of sp³-hybridized carbons (Fsp3) is 0.154. The lowest BCUT2D eigenvalue weighted by atomic mass is 10.3. The molecule has 0 radical (unpaired) electrons. The first kappa shape index (κ1) is 12.0. The summed E-state index contributed by atoms with van der Waals surface area (Å²) in [6.45, 7) is 0. The average Bonchev–Trinajstić information content (AvgIpc) is 2.32. The molecule has 0 atom stereocenters. The standard InChI is InChI=1S/C8H11N.C5H6N2/c1-9(2)8-6-4-3-5-7-8;6-5-3-1-2-4-7-5/h3-7H,1-2H3;1-4H,(H2,6,7). The Labute approximate surface area is 96.5 Å². The minimum atomic E-state index is 0.572. The highest BCUT2D eigenvalue weighted by atomic mass is 15.1. The van der Waals surface area contributed by atoms with Crippen molar-refractivity contribution < 1.29 is 0 Å². The first-order valence-corrected chi connectivity index (χ1v) is 5.09. The maximum absolute atomic E-state index is 5.25. The van der Waals surface area contributed by atoms with E-state index < -0.39 is 0 Å². The highest BCUT2D eigenvalue weighted by Gasteiger charge is 1.87. The van der Waals surface area contributed by atoms with E-state index in [0.29, 0.717) is 5.82 Å². The summed E-state index contributed by atoms with van der Waals surface area (Å²) in [6, 6.07) is 15.7. The highest BCUT2D eigenvalue weighted by Crippen LogP contribution is 2.07. The fourth-order valence-corrected chi connectivity index (χ4v) is 1.10. The van der Waals surface area contributed by atoms with Gasteiger partial charge in [-0.15, -0.1) is 0 Å². The first-order valence-electron chi connectivity index (χ1n) is 5.09. The van der Waals surface area contributed by atoms with Gasteiger partial charge in [-0.2, -0.15) is 0 Å². The summed E-state index contributed by atoms with van der Waals surface area (Å²) in [5.74, 6) is 0.572. The predicted octanol–water partition coefficient (Wildman–Crippen LogP) is 2.42. The molecule has 16 heavy (non-hydrogen) atoms. The number of benzene rings is 1. The number of hydrogen-bond donors (Lipinski definition) is 1. The van der Waals surface area contributed by atoms with Gasteiger partial charge in [0.1, 0.15) is 5.82 Å². The van der Waals surface area contributed by atoms with Crippen LogP contribution in [0.5, 0.6) is 0 Å². The number of nitrogens with zero attached hydrogens (tertiary/aromatic N) is 2. The van der Waals surface area contributed by atoms with E-state index in [1.807, 2.05) is 44.4 Å². The molecule has 0 saturated carbocycles. The van der Waals surface area contributed by atoms with Crippen LogP contribution in [0.4, 0.5) is 11.5 Å². The second-order valence-corrected chi connectivity index (χ2v) is 3.48. The molecule has 1 aromatic heterocycles. The number of pyridine rings is 1. The Bertz CT molecular complexity index is 384. The Morgan fingerprint density at radius 1 is 0.938 bits per heavy atom. The molecule has 0 aliphatic heterocycles. The van der Waals surface area contributed by atoms with Crippen molar-refractivity contribution >= 4 is 11.5 Å². The molecule has 84 valence electrons. The van der Waals surface area contributed by atoms with Gasteiger partial charge in [0.15, 0.2) is 0 Å². The zero-order chi connectivity index (χ0) is 11.8. The van der Waals surface area contributed by atoms with Gasteiger partial charge in [-0.1, -0.05) is 24.3 Å². The summed E-state index contributed by atoms with van der Waals surface area (Å²) in [5, 5.41) is 0. The topological polar surface area (TPSA) is 42.1 Å². The molecule has 2 aromatic rings. The van der Waals surface area contributed by atoms with Crippen molar-refractivity contribution in [2.24, 2.45) is 0 Å². The van der Waals surface area contributed by atoms with Crippen LogP contribution in [0, 0.1) is 0 Å². The van der Waals surface area contributed by atoms with Crippen molar-refractivity contribution in [3.63, 3.8) is 0 Å². The van der Waals surface area contributed by atoms with E-state index in [9.17, 15) is 0 Å². The third-order valence-corrected chi connectivity index (χ3v) is 1.96. The minimum absolute atomic E-state index is 0.572. The average molecular weight is 215 g/mol. The Hall–Kier alpha value is -2.03. The van der Waals surface area contributed by atoms with Crippen molar-refractivity contribution in [2.45, 2.75) is 0 Å². The van der Waals surface area contributed by atoms with Crippen molar-refractivity contribution in [1.29, 1.82) is 0 Å². The molecule has 3 heteroatoms. The first-order chi connectivity index (χ1) is 7.70. The van der Waals surface area contributed by atoms with Crippen LogP contribution >= 0.6 is 0 Å². The summed E-state index contributed by atoms with van der Waals surface area (Å²) in [5.41, 5.74) is 6.49. The molecule has 0 unspecified atom stereocenters. The third kappa shape index (κ3) is 4.46. The number of nitrogens with two attached hydrogens (primary N) is 1. The number of rotatable bonds is 1. The summed E-state index contributed by atoms with van der Waals surface area (Å²) in [7, 11) is 4.07. The second-order valence-electron chi connectivity index (χ2n) is 3.48. The molecule has 1 aromatic carbocycles. The van der Waals surface area contributed by atoms with Gasteiger partial charge in [-0.25, -0.2) is 4.98 Å². The molecule has 0 bridgehead atoms. The molecule has 2 N–H and O–H groups in total. The molecule has 1 heterocycles. The van der Waals surface area contributed by atoms with Crippen molar-refractivity contribution in [3.8, 4) is 0 Å². The third-order valence-electron chi connectivity index (χ3n) is 1.96. The Morgan fingerprint density at radius 2 is 1.56 bits per heavy atom. The van der Waals surface area contributed by atoms with E-state index in [4.69, 9.17) is 5.73 Å². The number of aromatic nitrogens is 1. The SMILES string of the molecule is CN(C)c1ccccc1.Nc1ccccn1. The monoisotopic (exact) mass is 215 g/mol. The van der Waals surface area contributed by atoms with Crippen LogP contribution < -0.4 is 10.6 Å². The van der Waals surface area contributed by atoms with E-state index in [1.165, 1.54) is 5.69 Å². The number of nitrogen functional groups attached to an aromatic ring is 1. The van der Waals surface area contributed by atoms with Crippen LogP contribution in [0.2, 0.25) is 0 Å². The van der Waals surface area contributed by atoms with Crippen LogP contribution in [0.15, 0.2) is 54.7 Å². The van der Waals surface area contributed by atoms with Gasteiger partial charge in [0.2, 0.25) is 0 Å². The van der Waals surface area contributed by atoms with Crippen molar-refractivity contribution in [2.75, 3.05) is 24.7 Å². The molecular weight excluding hydrogens is 198 g/mol. The van der Waals surface area contributed by atoms with Crippen LogP contribution in [-0.2, 0) is 0 Å².